The summed E-state index contributed by atoms with van der Waals surface area (Å²) in [4.78, 5) is 15.8. The van der Waals surface area contributed by atoms with Crippen molar-refractivity contribution in [1.82, 2.24) is 10.1 Å². The van der Waals surface area contributed by atoms with Crippen molar-refractivity contribution >= 4 is 39.3 Å². The van der Waals surface area contributed by atoms with Crippen LogP contribution in [0, 0.1) is 6.92 Å². The van der Waals surface area contributed by atoms with Crippen LogP contribution in [-0.2, 0) is 11.2 Å². The van der Waals surface area contributed by atoms with Crippen molar-refractivity contribution in [3.63, 3.8) is 0 Å². The summed E-state index contributed by atoms with van der Waals surface area (Å²) in [5.74, 6) is 0.845. The van der Waals surface area contributed by atoms with E-state index in [-0.39, 0.29) is 12.3 Å². The Labute approximate surface area is 123 Å². The number of pyridine rings is 1. The quantitative estimate of drug-likeness (QED) is 0.923. The Morgan fingerprint density at radius 2 is 2.37 bits per heavy atom. The minimum absolute atomic E-state index is 0.179. The average molecular weight is 345 g/mol. The van der Waals surface area contributed by atoms with E-state index in [0.29, 0.717) is 27.5 Å². The van der Waals surface area contributed by atoms with Gasteiger partial charge in [-0.1, -0.05) is 16.8 Å². The lowest BCUT2D eigenvalue weighted by atomic mass is 10.2. The monoisotopic (exact) mass is 343 g/mol. The highest BCUT2D eigenvalue weighted by atomic mass is 79.9. The first-order valence-corrected chi connectivity index (χ1v) is 6.75. The second-order valence-corrected chi connectivity index (χ2v) is 5.17. The summed E-state index contributed by atoms with van der Waals surface area (Å²) in [7, 11) is 0. The van der Waals surface area contributed by atoms with Gasteiger partial charge in [0.15, 0.2) is 5.82 Å². The number of carbonyl (C=O) groups excluding carboxylic acids is 1. The van der Waals surface area contributed by atoms with E-state index in [1.807, 2.05) is 6.92 Å². The van der Waals surface area contributed by atoms with Crippen molar-refractivity contribution in [2.45, 2.75) is 19.8 Å². The molecule has 100 valence electrons. The number of aromatic nitrogens is 2. The molecule has 0 unspecified atom stereocenters. The Bertz CT molecular complexity index is 600. The van der Waals surface area contributed by atoms with Crippen LogP contribution in [-0.4, -0.2) is 16.0 Å². The number of amides is 1. The van der Waals surface area contributed by atoms with Gasteiger partial charge in [0.05, 0.1) is 10.7 Å². The highest BCUT2D eigenvalue weighted by Crippen LogP contribution is 2.27. The Kier molecular flexibility index (Phi) is 4.55. The standard InChI is InChI=1S/C12H11BrClN3O2/c1-7-6-8(19-17-7)2-3-10(18)16-12-11(14)9(13)4-5-15-12/h4-6H,2-3H2,1H3,(H,15,16,18). The predicted molar refractivity (Wildman–Crippen MR) is 75.1 cm³/mol. The van der Waals surface area contributed by atoms with E-state index in [9.17, 15) is 4.79 Å². The van der Waals surface area contributed by atoms with Gasteiger partial charge in [0.25, 0.3) is 0 Å². The van der Waals surface area contributed by atoms with Gasteiger partial charge in [-0.3, -0.25) is 4.79 Å². The van der Waals surface area contributed by atoms with Crippen molar-refractivity contribution in [1.29, 1.82) is 0 Å². The molecule has 2 rings (SSSR count). The molecule has 1 amide bonds. The second-order valence-electron chi connectivity index (χ2n) is 3.94. The summed E-state index contributed by atoms with van der Waals surface area (Å²) < 4.78 is 5.71. The van der Waals surface area contributed by atoms with Gasteiger partial charge in [-0.25, -0.2) is 4.98 Å². The molecule has 0 aliphatic heterocycles. The molecule has 0 atom stereocenters. The van der Waals surface area contributed by atoms with Gasteiger partial charge in [0, 0.05) is 29.6 Å². The van der Waals surface area contributed by atoms with Crippen molar-refractivity contribution < 1.29 is 9.32 Å². The molecular weight excluding hydrogens is 334 g/mol. The summed E-state index contributed by atoms with van der Waals surface area (Å²) in [6.45, 7) is 1.83. The molecule has 5 nitrogen and oxygen atoms in total. The fourth-order valence-corrected chi connectivity index (χ4v) is 1.94. The van der Waals surface area contributed by atoms with Gasteiger partial charge in [0.2, 0.25) is 5.91 Å². The number of carbonyl (C=O) groups is 1. The SMILES string of the molecule is Cc1cc(CCC(=O)Nc2nccc(Br)c2Cl)on1. The number of nitrogens with one attached hydrogen (secondary N) is 1. The predicted octanol–water partition coefficient (Wildman–Crippen LogP) is 3.37. The number of hydrogen-bond acceptors (Lipinski definition) is 4. The van der Waals surface area contributed by atoms with Crippen LogP contribution in [0.4, 0.5) is 5.82 Å². The first-order valence-electron chi connectivity index (χ1n) is 5.58. The van der Waals surface area contributed by atoms with Crippen molar-refractivity contribution in [2.24, 2.45) is 0 Å². The molecule has 0 radical (unpaired) electrons. The molecule has 0 fully saturated rings. The molecule has 7 heteroatoms. The summed E-state index contributed by atoms with van der Waals surface area (Å²) in [6.07, 6.45) is 2.32. The fourth-order valence-electron chi connectivity index (χ4n) is 1.47. The molecule has 0 spiro atoms. The first kappa shape index (κ1) is 14.0. The molecular formula is C12H11BrClN3O2. The minimum Gasteiger partial charge on any atom is -0.361 e. The van der Waals surface area contributed by atoms with E-state index in [4.69, 9.17) is 16.1 Å². The fraction of sp³-hybridized carbons (Fsp3) is 0.250. The zero-order valence-corrected chi connectivity index (χ0v) is 12.5. The lowest BCUT2D eigenvalue weighted by Gasteiger charge is -2.06. The number of anilines is 1. The first-order chi connectivity index (χ1) is 9.06. The largest absolute Gasteiger partial charge is 0.361 e. The van der Waals surface area contributed by atoms with Crippen molar-refractivity contribution in [3.8, 4) is 0 Å². The van der Waals surface area contributed by atoms with Gasteiger partial charge >= 0.3 is 0 Å². The van der Waals surface area contributed by atoms with Crippen LogP contribution in [0.15, 0.2) is 27.3 Å². The van der Waals surface area contributed by atoms with Gasteiger partial charge in [-0.15, -0.1) is 0 Å². The average Bonchev–Trinajstić information content (AvgIpc) is 2.78. The van der Waals surface area contributed by atoms with E-state index in [2.05, 4.69) is 31.4 Å². The van der Waals surface area contributed by atoms with E-state index >= 15 is 0 Å². The normalized spacial score (nSPS) is 10.5. The maximum absolute atomic E-state index is 11.8. The van der Waals surface area contributed by atoms with Gasteiger partial charge in [0.1, 0.15) is 5.76 Å². The van der Waals surface area contributed by atoms with Gasteiger partial charge in [-0.2, -0.15) is 0 Å². The molecule has 0 aromatic carbocycles. The van der Waals surface area contributed by atoms with Crippen molar-refractivity contribution in [2.75, 3.05) is 5.32 Å². The summed E-state index contributed by atoms with van der Waals surface area (Å²) in [6, 6.07) is 3.51. The molecule has 0 bridgehead atoms. The molecule has 19 heavy (non-hydrogen) atoms. The minimum atomic E-state index is -0.179. The third kappa shape index (κ3) is 3.78. The number of halogens is 2. The maximum Gasteiger partial charge on any atom is 0.226 e. The van der Waals surface area contributed by atoms with E-state index < -0.39 is 0 Å². The number of nitrogens with zero attached hydrogens (tertiary/aromatic N) is 2. The van der Waals surface area contributed by atoms with E-state index in [1.54, 1.807) is 18.3 Å². The number of hydrogen-bond donors (Lipinski definition) is 1. The summed E-state index contributed by atoms with van der Waals surface area (Å²) in [5.41, 5.74) is 0.798. The number of rotatable bonds is 4. The van der Waals surface area contributed by atoms with Gasteiger partial charge < -0.3 is 9.84 Å². The lowest BCUT2D eigenvalue weighted by Crippen LogP contribution is -2.13. The highest BCUT2D eigenvalue weighted by molar-refractivity contribution is 9.10. The molecule has 0 saturated heterocycles. The molecule has 2 aromatic rings. The Morgan fingerprint density at radius 3 is 3.05 bits per heavy atom. The van der Waals surface area contributed by atoms with Crippen LogP contribution < -0.4 is 5.32 Å². The third-order valence-electron chi connectivity index (χ3n) is 2.38. The topological polar surface area (TPSA) is 68.0 Å². The Morgan fingerprint density at radius 1 is 1.58 bits per heavy atom. The molecule has 0 aliphatic carbocycles. The molecule has 0 aliphatic rings. The van der Waals surface area contributed by atoms with Crippen LogP contribution in [0.5, 0.6) is 0 Å². The van der Waals surface area contributed by atoms with Crippen LogP contribution in [0.2, 0.25) is 5.02 Å². The van der Waals surface area contributed by atoms with E-state index in [0.717, 1.165) is 5.69 Å². The molecule has 2 aromatic heterocycles. The Hall–Kier alpha value is -1.40. The van der Waals surface area contributed by atoms with Crippen LogP contribution >= 0.6 is 27.5 Å². The van der Waals surface area contributed by atoms with Crippen LogP contribution in [0.1, 0.15) is 17.9 Å². The smallest absolute Gasteiger partial charge is 0.226 e. The maximum atomic E-state index is 11.8. The van der Waals surface area contributed by atoms with E-state index in [1.165, 1.54) is 0 Å². The Balaban J connectivity index is 1.92. The summed E-state index contributed by atoms with van der Waals surface area (Å²) >= 11 is 9.27. The summed E-state index contributed by atoms with van der Waals surface area (Å²) in [5, 5.41) is 6.79. The zero-order valence-electron chi connectivity index (χ0n) is 10.1. The second kappa shape index (κ2) is 6.16. The van der Waals surface area contributed by atoms with Crippen LogP contribution in [0.25, 0.3) is 0 Å². The van der Waals surface area contributed by atoms with Gasteiger partial charge in [-0.05, 0) is 28.9 Å². The van der Waals surface area contributed by atoms with Crippen molar-refractivity contribution in [3.05, 3.63) is 39.3 Å². The molecule has 0 saturated carbocycles. The highest BCUT2D eigenvalue weighted by Gasteiger charge is 2.10. The zero-order chi connectivity index (χ0) is 13.8. The lowest BCUT2D eigenvalue weighted by molar-refractivity contribution is -0.116. The van der Waals surface area contributed by atoms with Crippen LogP contribution in [0.3, 0.4) is 0 Å². The molecule has 2 heterocycles. The molecule has 1 N–H and O–H groups in total. The third-order valence-corrected chi connectivity index (χ3v) is 3.65. The number of aryl methyl sites for hydroxylation is 2.